The molecule has 4 nitrogen and oxygen atoms in total. The van der Waals surface area contributed by atoms with E-state index in [-0.39, 0.29) is 22.4 Å². The van der Waals surface area contributed by atoms with Gasteiger partial charge in [-0.25, -0.2) is 4.79 Å². The van der Waals surface area contributed by atoms with Gasteiger partial charge < -0.3 is 10.4 Å². The van der Waals surface area contributed by atoms with Crippen molar-refractivity contribution in [3.05, 3.63) is 40.9 Å². The minimum Gasteiger partial charge on any atom is -0.478 e. The van der Waals surface area contributed by atoms with Gasteiger partial charge in [0.05, 0.1) is 16.3 Å². The number of carbonyl (C=O) groups excluding carboxylic acids is 1. The molecule has 2 bridgehead atoms. The predicted octanol–water partition coefficient (Wildman–Crippen LogP) is 3.19. The number of benzene rings is 1. The molecule has 1 aromatic rings. The lowest BCUT2D eigenvalue weighted by atomic mass is 9.93. The molecule has 3 atom stereocenters. The Morgan fingerprint density at radius 1 is 1.25 bits per heavy atom. The highest BCUT2D eigenvalue weighted by Gasteiger charge is 2.39. The van der Waals surface area contributed by atoms with E-state index < -0.39 is 5.97 Å². The van der Waals surface area contributed by atoms with Crippen LogP contribution in [0.1, 0.15) is 23.2 Å². The molecule has 0 spiro atoms. The van der Waals surface area contributed by atoms with Crippen LogP contribution in [0.4, 0.5) is 5.69 Å². The maximum absolute atomic E-state index is 12.3. The Kier molecular flexibility index (Phi) is 3.26. The lowest BCUT2D eigenvalue weighted by Crippen LogP contribution is -2.26. The number of amides is 1. The van der Waals surface area contributed by atoms with Crippen LogP contribution in [0.25, 0.3) is 0 Å². The van der Waals surface area contributed by atoms with E-state index in [1.165, 1.54) is 18.2 Å². The Hall–Kier alpha value is -1.81. The fourth-order valence-corrected chi connectivity index (χ4v) is 3.28. The van der Waals surface area contributed by atoms with Crippen molar-refractivity contribution in [3.63, 3.8) is 0 Å². The smallest absolute Gasteiger partial charge is 0.335 e. The molecule has 0 aromatic heterocycles. The van der Waals surface area contributed by atoms with E-state index in [0.717, 1.165) is 12.8 Å². The third-order valence-corrected chi connectivity index (χ3v) is 4.40. The SMILES string of the molecule is O=C(O)c1ccc(NC(=O)C2CC3C=CC2C3)c(Cl)c1. The van der Waals surface area contributed by atoms with Gasteiger partial charge in [0.2, 0.25) is 5.91 Å². The molecule has 2 aliphatic carbocycles. The zero-order valence-corrected chi connectivity index (χ0v) is 11.4. The van der Waals surface area contributed by atoms with Crippen LogP contribution >= 0.6 is 11.6 Å². The van der Waals surface area contributed by atoms with E-state index in [0.29, 0.717) is 17.5 Å². The van der Waals surface area contributed by atoms with Crippen LogP contribution in [0.15, 0.2) is 30.4 Å². The molecule has 1 fully saturated rings. The molecule has 1 saturated carbocycles. The Balaban J connectivity index is 1.73. The van der Waals surface area contributed by atoms with Crippen molar-refractivity contribution in [2.45, 2.75) is 12.8 Å². The lowest BCUT2D eigenvalue weighted by Gasteiger charge is -2.18. The van der Waals surface area contributed by atoms with Gasteiger partial charge in [0, 0.05) is 5.92 Å². The average molecular weight is 292 g/mol. The van der Waals surface area contributed by atoms with Crippen LogP contribution in [0, 0.1) is 17.8 Å². The van der Waals surface area contributed by atoms with Gasteiger partial charge in [0.15, 0.2) is 0 Å². The van der Waals surface area contributed by atoms with Crippen LogP contribution in [0.3, 0.4) is 0 Å². The molecule has 3 rings (SSSR count). The zero-order valence-electron chi connectivity index (χ0n) is 10.7. The number of rotatable bonds is 3. The molecule has 3 unspecified atom stereocenters. The van der Waals surface area contributed by atoms with Crippen molar-refractivity contribution < 1.29 is 14.7 Å². The number of hydrogen-bond donors (Lipinski definition) is 2. The van der Waals surface area contributed by atoms with Gasteiger partial charge in [-0.05, 0) is 42.9 Å². The second-order valence-corrected chi connectivity index (χ2v) is 5.78. The standard InChI is InChI=1S/C15H14ClNO3/c16-12-7-10(15(19)20)3-4-13(12)17-14(18)11-6-8-1-2-9(11)5-8/h1-4,7-9,11H,5-6H2,(H,17,18)(H,19,20). The van der Waals surface area contributed by atoms with Crippen LogP contribution in [0.2, 0.25) is 5.02 Å². The molecular weight excluding hydrogens is 278 g/mol. The van der Waals surface area contributed by atoms with E-state index in [1.807, 2.05) is 0 Å². The van der Waals surface area contributed by atoms with Crippen molar-refractivity contribution >= 4 is 29.2 Å². The summed E-state index contributed by atoms with van der Waals surface area (Å²) in [6.07, 6.45) is 6.25. The van der Waals surface area contributed by atoms with E-state index in [2.05, 4.69) is 17.5 Å². The highest BCUT2D eigenvalue weighted by atomic mass is 35.5. The largest absolute Gasteiger partial charge is 0.478 e. The molecule has 104 valence electrons. The zero-order chi connectivity index (χ0) is 14.3. The first-order valence-corrected chi connectivity index (χ1v) is 6.94. The Labute approximate surface area is 121 Å². The highest BCUT2D eigenvalue weighted by Crippen LogP contribution is 2.44. The van der Waals surface area contributed by atoms with Crippen LogP contribution in [0.5, 0.6) is 0 Å². The fourth-order valence-electron chi connectivity index (χ4n) is 3.06. The quantitative estimate of drug-likeness (QED) is 0.841. The van der Waals surface area contributed by atoms with Crippen LogP contribution in [-0.2, 0) is 4.79 Å². The third-order valence-electron chi connectivity index (χ3n) is 4.09. The van der Waals surface area contributed by atoms with Gasteiger partial charge in [-0.15, -0.1) is 0 Å². The summed E-state index contributed by atoms with van der Waals surface area (Å²) in [5.74, 6) is -0.215. The topological polar surface area (TPSA) is 66.4 Å². The molecular formula is C15H14ClNO3. The molecule has 0 radical (unpaired) electrons. The first-order chi connectivity index (χ1) is 9.54. The van der Waals surface area contributed by atoms with Crippen molar-refractivity contribution in [2.75, 3.05) is 5.32 Å². The number of carboxylic acids is 1. The highest BCUT2D eigenvalue weighted by molar-refractivity contribution is 6.34. The van der Waals surface area contributed by atoms with Crippen LogP contribution < -0.4 is 5.32 Å². The molecule has 0 aliphatic heterocycles. The molecule has 20 heavy (non-hydrogen) atoms. The molecule has 0 saturated heterocycles. The number of carboxylic acid groups (broad SMARTS) is 1. The summed E-state index contributed by atoms with van der Waals surface area (Å²) in [4.78, 5) is 23.1. The van der Waals surface area contributed by atoms with Gasteiger partial charge >= 0.3 is 5.97 Å². The third kappa shape index (κ3) is 2.31. The summed E-state index contributed by atoms with van der Waals surface area (Å²) >= 11 is 6.01. The summed E-state index contributed by atoms with van der Waals surface area (Å²) in [6.45, 7) is 0. The minimum absolute atomic E-state index is 0.000201. The number of fused-ring (bicyclic) bond motifs is 2. The van der Waals surface area contributed by atoms with Gasteiger partial charge in [-0.2, -0.15) is 0 Å². The Morgan fingerprint density at radius 3 is 2.60 bits per heavy atom. The molecule has 1 aromatic carbocycles. The maximum Gasteiger partial charge on any atom is 0.335 e. The van der Waals surface area contributed by atoms with Crippen molar-refractivity contribution in [1.29, 1.82) is 0 Å². The Bertz CT molecular complexity index is 611. The first-order valence-electron chi connectivity index (χ1n) is 6.56. The number of anilines is 1. The van der Waals surface area contributed by atoms with Gasteiger partial charge in [-0.1, -0.05) is 23.8 Å². The van der Waals surface area contributed by atoms with E-state index in [1.54, 1.807) is 0 Å². The lowest BCUT2D eigenvalue weighted by molar-refractivity contribution is -0.120. The monoisotopic (exact) mass is 291 g/mol. The van der Waals surface area contributed by atoms with E-state index in [9.17, 15) is 9.59 Å². The first kappa shape index (κ1) is 13.2. The number of nitrogens with one attached hydrogen (secondary N) is 1. The van der Waals surface area contributed by atoms with Crippen molar-refractivity contribution in [3.8, 4) is 0 Å². The number of carbonyl (C=O) groups is 2. The summed E-state index contributed by atoms with van der Waals surface area (Å²) < 4.78 is 0. The minimum atomic E-state index is -1.04. The summed E-state index contributed by atoms with van der Waals surface area (Å²) in [5.41, 5.74) is 0.573. The second kappa shape index (κ2) is 4.94. The number of allylic oxidation sites excluding steroid dienone is 2. The average Bonchev–Trinajstić information content (AvgIpc) is 3.03. The van der Waals surface area contributed by atoms with Crippen LogP contribution in [-0.4, -0.2) is 17.0 Å². The molecule has 2 aliphatic rings. The van der Waals surface area contributed by atoms with Gasteiger partial charge in [0.25, 0.3) is 0 Å². The number of halogens is 1. The predicted molar refractivity (Wildman–Crippen MR) is 75.9 cm³/mol. The molecule has 2 N–H and O–H groups in total. The summed E-state index contributed by atoms with van der Waals surface area (Å²) in [5, 5.41) is 11.9. The summed E-state index contributed by atoms with van der Waals surface area (Å²) in [6, 6.07) is 4.32. The maximum atomic E-state index is 12.3. The van der Waals surface area contributed by atoms with E-state index in [4.69, 9.17) is 16.7 Å². The number of hydrogen-bond acceptors (Lipinski definition) is 2. The Morgan fingerprint density at radius 2 is 2.05 bits per heavy atom. The van der Waals surface area contributed by atoms with Crippen molar-refractivity contribution in [2.24, 2.45) is 17.8 Å². The molecule has 0 heterocycles. The van der Waals surface area contributed by atoms with E-state index >= 15 is 0 Å². The normalized spacial score (nSPS) is 26.8. The molecule has 1 amide bonds. The fraction of sp³-hybridized carbons (Fsp3) is 0.333. The molecule has 5 heteroatoms. The van der Waals surface area contributed by atoms with Gasteiger partial charge in [0.1, 0.15) is 0 Å². The summed E-state index contributed by atoms with van der Waals surface area (Å²) in [7, 11) is 0. The van der Waals surface area contributed by atoms with Gasteiger partial charge in [-0.3, -0.25) is 4.79 Å². The number of aromatic carboxylic acids is 1. The van der Waals surface area contributed by atoms with Crippen molar-refractivity contribution in [1.82, 2.24) is 0 Å². The second-order valence-electron chi connectivity index (χ2n) is 5.38.